The molecule has 0 amide bonds. The summed E-state index contributed by atoms with van der Waals surface area (Å²) >= 11 is 0. The second kappa shape index (κ2) is 5.10. The van der Waals surface area contributed by atoms with Crippen molar-refractivity contribution in [3.63, 3.8) is 0 Å². The van der Waals surface area contributed by atoms with Crippen LogP contribution in [0.15, 0.2) is 24.5 Å². The Morgan fingerprint density at radius 1 is 1.25 bits per heavy atom. The van der Waals surface area contributed by atoms with Gasteiger partial charge in [-0.05, 0) is 18.9 Å². The average molecular weight is 217 g/mol. The topological polar surface area (TPSA) is 30.2 Å². The number of hydrogen-bond donors (Lipinski definition) is 0. The zero-order valence-corrected chi connectivity index (χ0v) is 10.1. The molecular weight excluding hydrogens is 198 g/mol. The van der Waals surface area contributed by atoms with Gasteiger partial charge in [-0.15, -0.1) is 0 Å². The minimum atomic E-state index is 0.594. The number of hydrogen-bond acceptors (Lipinski definition) is 2. The van der Waals surface area contributed by atoms with E-state index < -0.39 is 0 Å². The van der Waals surface area contributed by atoms with Crippen LogP contribution in [0.5, 0.6) is 0 Å². The van der Waals surface area contributed by atoms with Crippen LogP contribution in [-0.2, 0) is 0 Å². The van der Waals surface area contributed by atoms with Gasteiger partial charge in [0.05, 0.1) is 5.69 Å². The van der Waals surface area contributed by atoms with Crippen molar-refractivity contribution in [2.24, 2.45) is 0 Å². The van der Waals surface area contributed by atoms with E-state index in [1.54, 1.807) is 0 Å². The fourth-order valence-electron chi connectivity index (χ4n) is 2.18. The van der Waals surface area contributed by atoms with Crippen molar-refractivity contribution in [2.75, 3.05) is 0 Å². The summed E-state index contributed by atoms with van der Waals surface area (Å²) < 4.78 is 1.87. The molecule has 0 saturated carbocycles. The molecule has 0 atom stereocenters. The molecule has 2 aromatic heterocycles. The molecule has 0 unspecified atom stereocenters. The van der Waals surface area contributed by atoms with Crippen molar-refractivity contribution in [1.29, 1.82) is 0 Å². The van der Waals surface area contributed by atoms with Crippen LogP contribution in [0.4, 0.5) is 0 Å². The second-order valence-electron chi connectivity index (χ2n) is 4.27. The fraction of sp³-hybridized carbons (Fsp3) is 0.538. The Hall–Kier alpha value is -1.38. The minimum absolute atomic E-state index is 0.594. The van der Waals surface area contributed by atoms with Crippen molar-refractivity contribution in [3.8, 4) is 0 Å². The van der Waals surface area contributed by atoms with Gasteiger partial charge in [0.25, 0.3) is 0 Å². The van der Waals surface area contributed by atoms with Crippen LogP contribution in [-0.4, -0.2) is 14.6 Å². The molecule has 0 spiro atoms. The SMILES string of the molecule is CCCC(CCC)c1cc2ncccn2n1. The third kappa shape index (κ3) is 2.23. The number of rotatable bonds is 5. The summed E-state index contributed by atoms with van der Waals surface area (Å²) in [5.41, 5.74) is 2.15. The molecular formula is C13H19N3. The van der Waals surface area contributed by atoms with Crippen LogP contribution in [0, 0.1) is 0 Å². The summed E-state index contributed by atoms with van der Waals surface area (Å²) in [6.07, 6.45) is 8.64. The first kappa shape index (κ1) is 11.1. The lowest BCUT2D eigenvalue weighted by molar-refractivity contribution is 0.545. The van der Waals surface area contributed by atoms with Gasteiger partial charge in [-0.2, -0.15) is 5.10 Å². The van der Waals surface area contributed by atoms with E-state index >= 15 is 0 Å². The van der Waals surface area contributed by atoms with Gasteiger partial charge in [-0.25, -0.2) is 9.50 Å². The first-order chi connectivity index (χ1) is 7.85. The summed E-state index contributed by atoms with van der Waals surface area (Å²) in [7, 11) is 0. The van der Waals surface area contributed by atoms with E-state index in [0.29, 0.717) is 5.92 Å². The minimum Gasteiger partial charge on any atom is -0.237 e. The van der Waals surface area contributed by atoms with E-state index in [1.165, 1.54) is 31.4 Å². The van der Waals surface area contributed by atoms with Crippen molar-refractivity contribution in [2.45, 2.75) is 45.4 Å². The van der Waals surface area contributed by atoms with E-state index in [2.05, 4.69) is 30.0 Å². The molecule has 2 rings (SSSR count). The van der Waals surface area contributed by atoms with Crippen molar-refractivity contribution in [3.05, 3.63) is 30.2 Å². The molecule has 86 valence electrons. The lowest BCUT2D eigenvalue weighted by Gasteiger charge is -2.11. The standard InChI is InChI=1S/C13H19N3/c1-3-6-11(7-4-2)12-10-13-14-8-5-9-16(13)15-12/h5,8-11H,3-4,6-7H2,1-2H3. The maximum atomic E-state index is 4.60. The zero-order valence-electron chi connectivity index (χ0n) is 10.1. The van der Waals surface area contributed by atoms with Crippen molar-refractivity contribution < 1.29 is 0 Å². The normalized spacial score (nSPS) is 11.4. The molecule has 3 heteroatoms. The van der Waals surface area contributed by atoms with E-state index in [4.69, 9.17) is 0 Å². The summed E-state index contributed by atoms with van der Waals surface area (Å²) in [5, 5.41) is 4.60. The van der Waals surface area contributed by atoms with E-state index in [-0.39, 0.29) is 0 Å². The van der Waals surface area contributed by atoms with Gasteiger partial charge >= 0.3 is 0 Å². The molecule has 2 heterocycles. The van der Waals surface area contributed by atoms with Crippen LogP contribution in [0.3, 0.4) is 0 Å². The Kier molecular flexibility index (Phi) is 3.54. The molecule has 0 aliphatic heterocycles. The molecule has 0 bridgehead atoms. The quantitative estimate of drug-likeness (QED) is 0.768. The van der Waals surface area contributed by atoms with Crippen LogP contribution >= 0.6 is 0 Å². The number of nitrogens with zero attached hydrogens (tertiary/aromatic N) is 3. The van der Waals surface area contributed by atoms with Gasteiger partial charge in [0, 0.05) is 24.4 Å². The number of aromatic nitrogens is 3. The molecule has 3 nitrogen and oxygen atoms in total. The highest BCUT2D eigenvalue weighted by Crippen LogP contribution is 2.25. The molecule has 0 aliphatic rings. The molecule has 0 radical (unpaired) electrons. The smallest absolute Gasteiger partial charge is 0.155 e. The third-order valence-corrected chi connectivity index (χ3v) is 2.95. The largest absolute Gasteiger partial charge is 0.237 e. The molecule has 0 saturated heterocycles. The predicted octanol–water partition coefficient (Wildman–Crippen LogP) is 3.41. The Balaban J connectivity index is 2.29. The number of fused-ring (bicyclic) bond motifs is 1. The van der Waals surface area contributed by atoms with E-state index in [1.807, 2.05) is 23.0 Å². The molecule has 0 N–H and O–H groups in total. The Morgan fingerprint density at radius 3 is 2.62 bits per heavy atom. The molecule has 2 aromatic rings. The van der Waals surface area contributed by atoms with E-state index in [0.717, 1.165) is 5.65 Å². The maximum absolute atomic E-state index is 4.60. The predicted molar refractivity (Wildman–Crippen MR) is 65.5 cm³/mol. The van der Waals surface area contributed by atoms with Crippen LogP contribution in [0.2, 0.25) is 0 Å². The van der Waals surface area contributed by atoms with Crippen LogP contribution in [0.25, 0.3) is 5.65 Å². The van der Waals surface area contributed by atoms with Crippen LogP contribution < -0.4 is 0 Å². The summed E-state index contributed by atoms with van der Waals surface area (Å²) in [6, 6.07) is 4.04. The third-order valence-electron chi connectivity index (χ3n) is 2.95. The lowest BCUT2D eigenvalue weighted by atomic mass is 9.95. The summed E-state index contributed by atoms with van der Waals surface area (Å²) in [6.45, 7) is 4.47. The summed E-state index contributed by atoms with van der Waals surface area (Å²) in [5.74, 6) is 0.594. The van der Waals surface area contributed by atoms with E-state index in [9.17, 15) is 0 Å². The van der Waals surface area contributed by atoms with Crippen molar-refractivity contribution in [1.82, 2.24) is 14.6 Å². The Bertz CT molecular complexity index is 408. The maximum Gasteiger partial charge on any atom is 0.155 e. The lowest BCUT2D eigenvalue weighted by Crippen LogP contribution is -1.99. The highest BCUT2D eigenvalue weighted by atomic mass is 15.2. The first-order valence-corrected chi connectivity index (χ1v) is 6.15. The second-order valence-corrected chi connectivity index (χ2v) is 4.27. The first-order valence-electron chi connectivity index (χ1n) is 6.15. The monoisotopic (exact) mass is 217 g/mol. The highest BCUT2D eigenvalue weighted by molar-refractivity contribution is 5.39. The highest BCUT2D eigenvalue weighted by Gasteiger charge is 2.13. The van der Waals surface area contributed by atoms with Gasteiger partial charge in [-0.1, -0.05) is 26.7 Å². The van der Waals surface area contributed by atoms with Crippen molar-refractivity contribution >= 4 is 5.65 Å². The zero-order chi connectivity index (χ0) is 11.4. The molecule has 0 aromatic carbocycles. The molecule has 16 heavy (non-hydrogen) atoms. The molecule has 0 aliphatic carbocycles. The van der Waals surface area contributed by atoms with Gasteiger partial charge in [-0.3, -0.25) is 0 Å². The van der Waals surface area contributed by atoms with Gasteiger partial charge in [0.15, 0.2) is 5.65 Å². The Morgan fingerprint density at radius 2 is 2.00 bits per heavy atom. The average Bonchev–Trinajstić information content (AvgIpc) is 2.72. The fourth-order valence-corrected chi connectivity index (χ4v) is 2.18. The van der Waals surface area contributed by atoms with Crippen LogP contribution in [0.1, 0.15) is 51.1 Å². The van der Waals surface area contributed by atoms with Gasteiger partial charge < -0.3 is 0 Å². The van der Waals surface area contributed by atoms with Gasteiger partial charge in [0.1, 0.15) is 0 Å². The Labute approximate surface area is 96.5 Å². The van der Waals surface area contributed by atoms with Gasteiger partial charge in [0.2, 0.25) is 0 Å². The molecule has 0 fully saturated rings. The summed E-state index contributed by atoms with van der Waals surface area (Å²) in [4.78, 5) is 4.30.